The molecule has 0 saturated carbocycles. The molecule has 2 aliphatic heterocycles. The van der Waals surface area contributed by atoms with Gasteiger partial charge in [-0.2, -0.15) is 0 Å². The second-order valence-electron chi connectivity index (χ2n) is 6.46. The quantitative estimate of drug-likeness (QED) is 0.909. The molecular weight excluding hydrogens is 286 g/mol. The molecule has 2 bridgehead atoms. The highest BCUT2D eigenvalue weighted by Gasteiger charge is 2.43. The summed E-state index contributed by atoms with van der Waals surface area (Å²) < 4.78 is 0. The standard InChI is InChI=1S/C17H22ClNO2/c1-11(15-4-2-3-5-16(15)18)19-13-6-7-14(19)9-12(8-13)10-17(20)21/h2-5,11-14H,6-10H2,1H3,(H,20,21). The lowest BCUT2D eigenvalue weighted by Crippen LogP contribution is -2.44. The fourth-order valence-corrected chi connectivity index (χ4v) is 4.64. The Kier molecular flexibility index (Phi) is 4.23. The molecule has 3 atom stereocenters. The van der Waals surface area contributed by atoms with Crippen molar-refractivity contribution in [2.45, 2.75) is 57.2 Å². The average Bonchev–Trinajstić information content (AvgIpc) is 2.69. The highest BCUT2D eigenvalue weighted by molar-refractivity contribution is 6.31. The third-order valence-electron chi connectivity index (χ3n) is 5.15. The van der Waals surface area contributed by atoms with Gasteiger partial charge in [-0.25, -0.2) is 0 Å². The van der Waals surface area contributed by atoms with Crippen LogP contribution in [0.2, 0.25) is 5.02 Å². The van der Waals surface area contributed by atoms with E-state index in [1.807, 2.05) is 18.2 Å². The fourth-order valence-electron chi connectivity index (χ4n) is 4.35. The second kappa shape index (κ2) is 5.98. The van der Waals surface area contributed by atoms with Crippen molar-refractivity contribution in [1.29, 1.82) is 0 Å². The normalized spacial score (nSPS) is 30.3. The molecule has 0 spiro atoms. The molecule has 0 aromatic heterocycles. The predicted molar refractivity (Wildman–Crippen MR) is 83.5 cm³/mol. The average molecular weight is 308 g/mol. The van der Waals surface area contributed by atoms with Gasteiger partial charge >= 0.3 is 5.97 Å². The molecule has 3 unspecified atom stereocenters. The van der Waals surface area contributed by atoms with E-state index in [-0.39, 0.29) is 0 Å². The summed E-state index contributed by atoms with van der Waals surface area (Å²) in [5.74, 6) is -0.318. The Morgan fingerprint density at radius 1 is 1.33 bits per heavy atom. The molecule has 4 heteroatoms. The van der Waals surface area contributed by atoms with Crippen LogP contribution in [0.4, 0.5) is 0 Å². The van der Waals surface area contributed by atoms with E-state index in [2.05, 4.69) is 17.9 Å². The summed E-state index contributed by atoms with van der Waals surface area (Å²) in [4.78, 5) is 13.5. The number of nitrogens with zero attached hydrogens (tertiary/aromatic N) is 1. The summed E-state index contributed by atoms with van der Waals surface area (Å²) in [7, 11) is 0. The van der Waals surface area contributed by atoms with Gasteiger partial charge in [-0.1, -0.05) is 29.8 Å². The highest BCUT2D eigenvalue weighted by Crippen LogP contribution is 2.45. The van der Waals surface area contributed by atoms with Gasteiger partial charge in [0.25, 0.3) is 0 Å². The van der Waals surface area contributed by atoms with Crippen molar-refractivity contribution >= 4 is 17.6 Å². The molecule has 3 nitrogen and oxygen atoms in total. The number of fused-ring (bicyclic) bond motifs is 2. The summed E-state index contributed by atoms with van der Waals surface area (Å²) in [6.07, 6.45) is 4.72. The second-order valence-corrected chi connectivity index (χ2v) is 6.87. The van der Waals surface area contributed by atoms with E-state index < -0.39 is 5.97 Å². The number of halogens is 1. The summed E-state index contributed by atoms with van der Waals surface area (Å²) >= 11 is 6.35. The maximum absolute atomic E-state index is 11.0. The minimum Gasteiger partial charge on any atom is -0.481 e. The number of aliphatic carboxylic acids is 1. The van der Waals surface area contributed by atoms with Crippen LogP contribution in [-0.2, 0) is 4.79 Å². The molecule has 2 aliphatic rings. The molecule has 0 radical (unpaired) electrons. The van der Waals surface area contributed by atoms with Gasteiger partial charge < -0.3 is 5.11 Å². The number of hydrogen-bond acceptors (Lipinski definition) is 2. The van der Waals surface area contributed by atoms with Crippen LogP contribution in [0.25, 0.3) is 0 Å². The fraction of sp³-hybridized carbons (Fsp3) is 0.588. The minimum atomic E-state index is -0.660. The van der Waals surface area contributed by atoms with Crippen LogP contribution in [-0.4, -0.2) is 28.1 Å². The number of rotatable bonds is 4. The third kappa shape index (κ3) is 2.95. The topological polar surface area (TPSA) is 40.5 Å². The van der Waals surface area contributed by atoms with Crippen molar-refractivity contribution in [2.24, 2.45) is 5.92 Å². The Hall–Kier alpha value is -1.06. The Balaban J connectivity index is 1.76. The molecule has 1 aromatic carbocycles. The van der Waals surface area contributed by atoms with Gasteiger partial charge in [-0.15, -0.1) is 0 Å². The lowest BCUT2D eigenvalue weighted by Gasteiger charge is -2.42. The van der Waals surface area contributed by atoms with E-state index in [1.165, 1.54) is 18.4 Å². The van der Waals surface area contributed by atoms with Gasteiger partial charge in [0.1, 0.15) is 0 Å². The Bertz CT molecular complexity index is 519. The van der Waals surface area contributed by atoms with Gasteiger partial charge in [-0.3, -0.25) is 9.69 Å². The van der Waals surface area contributed by atoms with Crippen LogP contribution >= 0.6 is 11.6 Å². The first-order valence-electron chi connectivity index (χ1n) is 7.80. The smallest absolute Gasteiger partial charge is 0.303 e. The van der Waals surface area contributed by atoms with E-state index in [0.29, 0.717) is 30.5 Å². The van der Waals surface area contributed by atoms with Crippen molar-refractivity contribution in [3.8, 4) is 0 Å². The Morgan fingerprint density at radius 3 is 2.52 bits per heavy atom. The maximum Gasteiger partial charge on any atom is 0.303 e. The van der Waals surface area contributed by atoms with Gasteiger partial charge in [0.05, 0.1) is 0 Å². The van der Waals surface area contributed by atoms with Gasteiger partial charge in [0.2, 0.25) is 0 Å². The molecule has 3 rings (SSSR count). The molecule has 0 amide bonds. The summed E-state index contributed by atoms with van der Waals surface area (Å²) in [6.45, 7) is 2.23. The monoisotopic (exact) mass is 307 g/mol. The minimum absolute atomic E-state index is 0.307. The molecule has 2 fully saturated rings. The van der Waals surface area contributed by atoms with E-state index in [4.69, 9.17) is 16.7 Å². The first-order chi connectivity index (χ1) is 10.1. The van der Waals surface area contributed by atoms with Crippen LogP contribution in [0.1, 0.15) is 50.6 Å². The van der Waals surface area contributed by atoms with Crippen molar-refractivity contribution in [3.63, 3.8) is 0 Å². The zero-order valence-corrected chi connectivity index (χ0v) is 13.1. The number of hydrogen-bond donors (Lipinski definition) is 1. The molecule has 1 N–H and O–H groups in total. The van der Waals surface area contributed by atoms with Crippen molar-refractivity contribution in [3.05, 3.63) is 34.9 Å². The zero-order chi connectivity index (χ0) is 15.0. The number of carboxylic acid groups (broad SMARTS) is 1. The number of carboxylic acids is 1. The van der Waals surface area contributed by atoms with Gasteiger partial charge in [-0.05, 0) is 50.2 Å². The molecule has 0 aliphatic carbocycles. The van der Waals surface area contributed by atoms with E-state index in [1.54, 1.807) is 0 Å². The highest BCUT2D eigenvalue weighted by atomic mass is 35.5. The van der Waals surface area contributed by atoms with Crippen LogP contribution in [0.15, 0.2) is 24.3 Å². The maximum atomic E-state index is 11.0. The van der Waals surface area contributed by atoms with Crippen molar-refractivity contribution in [2.75, 3.05) is 0 Å². The lowest BCUT2D eigenvalue weighted by atomic mass is 9.86. The zero-order valence-electron chi connectivity index (χ0n) is 12.3. The Morgan fingerprint density at radius 2 is 1.95 bits per heavy atom. The van der Waals surface area contributed by atoms with Crippen molar-refractivity contribution < 1.29 is 9.90 Å². The molecule has 21 heavy (non-hydrogen) atoms. The van der Waals surface area contributed by atoms with Gasteiger partial charge in [0.15, 0.2) is 0 Å². The molecule has 2 saturated heterocycles. The van der Waals surface area contributed by atoms with E-state index >= 15 is 0 Å². The molecule has 1 aromatic rings. The summed E-state index contributed by atoms with van der Waals surface area (Å²) in [5, 5.41) is 9.85. The predicted octanol–water partition coefficient (Wildman–Crippen LogP) is 4.12. The SMILES string of the molecule is CC(c1ccccc1Cl)N1C2CCC1CC(CC(=O)O)C2. The Labute approximate surface area is 130 Å². The largest absolute Gasteiger partial charge is 0.481 e. The van der Waals surface area contributed by atoms with E-state index in [0.717, 1.165) is 17.9 Å². The van der Waals surface area contributed by atoms with Crippen LogP contribution in [0, 0.1) is 5.92 Å². The molecular formula is C17H22ClNO2. The molecule has 114 valence electrons. The van der Waals surface area contributed by atoms with Crippen LogP contribution < -0.4 is 0 Å². The molecule has 2 heterocycles. The number of piperidine rings is 1. The third-order valence-corrected chi connectivity index (χ3v) is 5.50. The van der Waals surface area contributed by atoms with Gasteiger partial charge in [0, 0.05) is 29.6 Å². The number of benzene rings is 1. The van der Waals surface area contributed by atoms with Crippen LogP contribution in [0.5, 0.6) is 0 Å². The van der Waals surface area contributed by atoms with E-state index in [9.17, 15) is 4.79 Å². The first-order valence-corrected chi connectivity index (χ1v) is 8.17. The first kappa shape index (κ1) is 14.9. The lowest BCUT2D eigenvalue weighted by molar-refractivity contribution is -0.138. The van der Waals surface area contributed by atoms with Crippen LogP contribution in [0.3, 0.4) is 0 Å². The van der Waals surface area contributed by atoms with Crippen molar-refractivity contribution in [1.82, 2.24) is 4.90 Å². The number of carbonyl (C=O) groups is 1. The summed E-state index contributed by atoms with van der Waals surface area (Å²) in [6, 6.07) is 9.39. The summed E-state index contributed by atoms with van der Waals surface area (Å²) in [5.41, 5.74) is 1.19.